The third kappa shape index (κ3) is 3.49. The van der Waals surface area contributed by atoms with Gasteiger partial charge in [0, 0.05) is 5.69 Å². The fraction of sp³-hybridized carbons (Fsp3) is 0.200. The summed E-state index contributed by atoms with van der Waals surface area (Å²) in [4.78, 5) is 16.5. The summed E-state index contributed by atoms with van der Waals surface area (Å²) in [6, 6.07) is 9.43. The van der Waals surface area contributed by atoms with Gasteiger partial charge in [-0.2, -0.15) is 0 Å². The Kier molecular flexibility index (Phi) is 5.06. The number of thioether (sulfide) groups is 1. The van der Waals surface area contributed by atoms with Gasteiger partial charge in [-0.15, -0.1) is 11.8 Å². The van der Waals surface area contributed by atoms with Gasteiger partial charge in [-0.1, -0.05) is 0 Å². The highest BCUT2D eigenvalue weighted by Gasteiger charge is 2.30. The van der Waals surface area contributed by atoms with Crippen molar-refractivity contribution in [3.8, 4) is 22.9 Å². The van der Waals surface area contributed by atoms with Crippen LogP contribution in [0.2, 0.25) is 0 Å². The van der Waals surface area contributed by atoms with Crippen LogP contribution in [0.25, 0.3) is 5.69 Å². The molecule has 0 spiro atoms. The van der Waals surface area contributed by atoms with Crippen LogP contribution in [0, 0.1) is 5.82 Å². The molecule has 2 heterocycles. The average Bonchev–Trinajstić information content (AvgIpc) is 3.04. The summed E-state index contributed by atoms with van der Waals surface area (Å²) in [5.74, 6) is 0.568. The lowest BCUT2D eigenvalue weighted by Crippen LogP contribution is -2.12. The molecule has 0 radical (unpaired) electrons. The molecule has 1 aliphatic heterocycles. The number of hydrogen-bond donors (Lipinski definition) is 2. The zero-order valence-electron chi connectivity index (χ0n) is 15.7. The van der Waals surface area contributed by atoms with Crippen molar-refractivity contribution in [1.82, 2.24) is 9.55 Å². The number of phenolic OH excluding ortho intramolecular Hbond substituents is 1. The van der Waals surface area contributed by atoms with E-state index in [-0.39, 0.29) is 40.0 Å². The molecule has 2 N–H and O–H groups in total. The lowest BCUT2D eigenvalue weighted by atomic mass is 10.1. The molecule has 1 aromatic heterocycles. The summed E-state index contributed by atoms with van der Waals surface area (Å²) in [7, 11) is 2.91. The first-order valence-electron chi connectivity index (χ1n) is 8.71. The number of anilines is 1. The lowest BCUT2D eigenvalue weighted by Gasteiger charge is -2.20. The summed E-state index contributed by atoms with van der Waals surface area (Å²) in [6.45, 7) is 0. The molecule has 9 heteroatoms. The number of hydrogen-bond acceptors (Lipinski definition) is 6. The molecule has 0 saturated carbocycles. The number of imidazole rings is 1. The van der Waals surface area contributed by atoms with Gasteiger partial charge < -0.3 is 19.9 Å². The SMILES string of the molecule is COc1cc([C@H]2SCC(=O)Nc3ncn(-c4ccc(F)cc4)c32)cc(OC)c1O. The van der Waals surface area contributed by atoms with Gasteiger partial charge in [-0.3, -0.25) is 9.36 Å². The maximum Gasteiger partial charge on any atom is 0.235 e. The van der Waals surface area contributed by atoms with Crippen molar-refractivity contribution >= 4 is 23.5 Å². The molecule has 3 aromatic rings. The molecule has 7 nitrogen and oxygen atoms in total. The monoisotopic (exact) mass is 415 g/mol. The number of carbonyl (C=O) groups excluding carboxylic acids is 1. The molecule has 1 aliphatic rings. The summed E-state index contributed by atoms with van der Waals surface area (Å²) >= 11 is 1.41. The number of rotatable bonds is 4. The minimum Gasteiger partial charge on any atom is -0.502 e. The van der Waals surface area contributed by atoms with E-state index in [2.05, 4.69) is 10.3 Å². The van der Waals surface area contributed by atoms with E-state index in [1.165, 1.54) is 38.1 Å². The topological polar surface area (TPSA) is 85.6 Å². The summed E-state index contributed by atoms with van der Waals surface area (Å²) in [5, 5.41) is 12.7. The molecule has 2 aromatic carbocycles. The van der Waals surface area contributed by atoms with Gasteiger partial charge in [-0.25, -0.2) is 9.37 Å². The third-order valence-corrected chi connectivity index (χ3v) is 5.86. The highest BCUT2D eigenvalue weighted by Crippen LogP contribution is 2.46. The van der Waals surface area contributed by atoms with E-state index in [0.29, 0.717) is 11.5 Å². The van der Waals surface area contributed by atoms with Gasteiger partial charge in [0.25, 0.3) is 0 Å². The molecule has 0 saturated heterocycles. The zero-order valence-corrected chi connectivity index (χ0v) is 16.5. The van der Waals surface area contributed by atoms with Crippen LogP contribution >= 0.6 is 11.8 Å². The van der Waals surface area contributed by atoms with Crippen LogP contribution in [0.4, 0.5) is 10.2 Å². The van der Waals surface area contributed by atoms with Crippen LogP contribution in [0.15, 0.2) is 42.7 Å². The first-order valence-corrected chi connectivity index (χ1v) is 9.76. The number of phenols is 1. The Morgan fingerprint density at radius 1 is 1.21 bits per heavy atom. The largest absolute Gasteiger partial charge is 0.502 e. The minimum absolute atomic E-state index is 0.0983. The average molecular weight is 415 g/mol. The number of methoxy groups -OCH3 is 2. The zero-order chi connectivity index (χ0) is 20.5. The van der Waals surface area contributed by atoms with Crippen LogP contribution in [0.1, 0.15) is 16.5 Å². The van der Waals surface area contributed by atoms with Crippen LogP contribution in [0.3, 0.4) is 0 Å². The molecular formula is C20H18FN3O4S. The Labute approximate surface area is 170 Å². The Balaban J connectivity index is 1.90. The number of carbonyl (C=O) groups is 1. The lowest BCUT2D eigenvalue weighted by molar-refractivity contribution is -0.113. The van der Waals surface area contributed by atoms with Crippen molar-refractivity contribution in [1.29, 1.82) is 0 Å². The van der Waals surface area contributed by atoms with Crippen LogP contribution in [-0.2, 0) is 4.79 Å². The van der Waals surface area contributed by atoms with E-state index in [0.717, 1.165) is 11.3 Å². The van der Waals surface area contributed by atoms with Crippen LogP contribution in [0.5, 0.6) is 17.2 Å². The van der Waals surface area contributed by atoms with Gasteiger partial charge in [0.15, 0.2) is 17.3 Å². The van der Waals surface area contributed by atoms with Gasteiger partial charge in [0.2, 0.25) is 11.7 Å². The number of nitrogens with zero attached hydrogens (tertiary/aromatic N) is 2. The molecule has 0 fully saturated rings. The molecule has 0 unspecified atom stereocenters. The van der Waals surface area contributed by atoms with Crippen molar-refractivity contribution in [3.63, 3.8) is 0 Å². The van der Waals surface area contributed by atoms with Crippen molar-refractivity contribution in [2.45, 2.75) is 5.25 Å². The van der Waals surface area contributed by atoms with Gasteiger partial charge in [0.1, 0.15) is 12.1 Å². The predicted octanol–water partition coefficient (Wildman–Crippen LogP) is 3.51. The number of aromatic nitrogens is 2. The second kappa shape index (κ2) is 7.67. The standard InChI is InChI=1S/C20H18FN3O4S/c1-27-14-7-11(8-15(28-2)18(14)26)19-17-20(23-16(25)9-29-19)22-10-24(17)13-5-3-12(21)4-6-13/h3-8,10,19,26H,9H2,1-2H3,(H,23,25)/t19-/m1/s1. The van der Waals surface area contributed by atoms with Crippen LogP contribution < -0.4 is 14.8 Å². The molecule has 0 bridgehead atoms. The number of benzene rings is 2. The fourth-order valence-corrected chi connectivity index (χ4v) is 4.34. The molecular weight excluding hydrogens is 397 g/mol. The Morgan fingerprint density at radius 3 is 2.48 bits per heavy atom. The van der Waals surface area contributed by atoms with Crippen molar-refractivity contribution in [3.05, 3.63) is 59.8 Å². The Bertz CT molecular complexity index is 1040. The molecule has 1 amide bonds. The normalized spacial score (nSPS) is 16.0. The number of fused-ring (bicyclic) bond motifs is 1. The highest BCUT2D eigenvalue weighted by molar-refractivity contribution is 8.00. The molecule has 29 heavy (non-hydrogen) atoms. The van der Waals surface area contributed by atoms with E-state index in [9.17, 15) is 14.3 Å². The van der Waals surface area contributed by atoms with E-state index >= 15 is 0 Å². The van der Waals surface area contributed by atoms with Crippen molar-refractivity contribution in [2.24, 2.45) is 0 Å². The third-order valence-electron chi connectivity index (χ3n) is 4.60. The van der Waals surface area contributed by atoms with E-state index in [1.54, 1.807) is 30.6 Å². The first-order chi connectivity index (χ1) is 14.0. The number of ether oxygens (including phenoxy) is 2. The molecule has 150 valence electrons. The molecule has 4 rings (SSSR count). The number of amides is 1. The van der Waals surface area contributed by atoms with Gasteiger partial charge >= 0.3 is 0 Å². The maximum atomic E-state index is 13.4. The van der Waals surface area contributed by atoms with Crippen LogP contribution in [-0.4, -0.2) is 40.5 Å². The van der Waals surface area contributed by atoms with Gasteiger partial charge in [0.05, 0.1) is 30.9 Å². The minimum atomic E-state index is -0.341. The van der Waals surface area contributed by atoms with Crippen molar-refractivity contribution in [2.75, 3.05) is 25.3 Å². The number of aromatic hydroxyl groups is 1. The summed E-state index contributed by atoms with van der Waals surface area (Å²) in [6.07, 6.45) is 1.59. The quantitative estimate of drug-likeness (QED) is 0.678. The fourth-order valence-electron chi connectivity index (χ4n) is 3.24. The molecule has 1 atom stereocenters. The highest BCUT2D eigenvalue weighted by atomic mass is 32.2. The second-order valence-electron chi connectivity index (χ2n) is 6.34. The maximum absolute atomic E-state index is 13.4. The Hall–Kier alpha value is -3.20. The van der Waals surface area contributed by atoms with E-state index < -0.39 is 0 Å². The smallest absolute Gasteiger partial charge is 0.235 e. The van der Waals surface area contributed by atoms with Gasteiger partial charge in [-0.05, 0) is 42.0 Å². The number of halogens is 1. The summed E-state index contributed by atoms with van der Waals surface area (Å²) < 4.78 is 25.8. The second-order valence-corrected chi connectivity index (χ2v) is 7.43. The van der Waals surface area contributed by atoms with E-state index in [4.69, 9.17) is 9.47 Å². The number of nitrogens with one attached hydrogen (secondary N) is 1. The van der Waals surface area contributed by atoms with Crippen molar-refractivity contribution < 1.29 is 23.8 Å². The van der Waals surface area contributed by atoms with E-state index in [1.807, 2.05) is 4.57 Å². The summed E-state index contributed by atoms with van der Waals surface area (Å²) in [5.41, 5.74) is 2.20. The first kappa shape index (κ1) is 19.1. The Morgan fingerprint density at radius 2 is 1.86 bits per heavy atom. The predicted molar refractivity (Wildman–Crippen MR) is 108 cm³/mol. The molecule has 0 aliphatic carbocycles.